The van der Waals surface area contributed by atoms with Gasteiger partial charge in [-0.15, -0.1) is 0 Å². The molecule has 1 amide bonds. The number of morpholine rings is 1. The Morgan fingerprint density at radius 1 is 1.21 bits per heavy atom. The smallest absolute Gasteiger partial charge is 0.225 e. The molecule has 1 aromatic carbocycles. The Bertz CT molecular complexity index is 679. The molecule has 7 heteroatoms. The molecule has 3 saturated heterocycles. The number of benzene rings is 1. The van der Waals surface area contributed by atoms with Crippen LogP contribution in [0.15, 0.2) is 24.3 Å². The summed E-state index contributed by atoms with van der Waals surface area (Å²) in [6, 6.07) is 8.60. The second-order valence-electron chi connectivity index (χ2n) is 8.09. The van der Waals surface area contributed by atoms with Gasteiger partial charge < -0.3 is 14.8 Å². The van der Waals surface area contributed by atoms with E-state index in [0.717, 1.165) is 51.4 Å². The minimum Gasteiger partial charge on any atom is -0.496 e. The van der Waals surface area contributed by atoms with Crippen molar-refractivity contribution < 1.29 is 14.3 Å². The first-order valence-corrected chi connectivity index (χ1v) is 10.4. The van der Waals surface area contributed by atoms with Crippen LogP contribution in [0.3, 0.4) is 0 Å². The summed E-state index contributed by atoms with van der Waals surface area (Å²) in [7, 11) is 1.73. The lowest BCUT2D eigenvalue weighted by Gasteiger charge is -2.44. The van der Waals surface area contributed by atoms with Crippen molar-refractivity contribution in [2.24, 2.45) is 5.92 Å². The van der Waals surface area contributed by atoms with Gasteiger partial charge in [-0.25, -0.2) is 0 Å². The largest absolute Gasteiger partial charge is 0.496 e. The Balaban J connectivity index is 1.48. The van der Waals surface area contributed by atoms with Gasteiger partial charge in [0.05, 0.1) is 32.9 Å². The molecule has 3 heterocycles. The molecule has 1 aromatic rings. The number of methoxy groups -OCH3 is 1. The summed E-state index contributed by atoms with van der Waals surface area (Å²) < 4.78 is 11.0. The maximum absolute atomic E-state index is 12.5. The predicted octanol–water partition coefficient (Wildman–Crippen LogP) is 1.000. The number of likely N-dealkylation sites (tertiary alicyclic amines) is 1. The van der Waals surface area contributed by atoms with Gasteiger partial charge in [-0.1, -0.05) is 25.1 Å². The van der Waals surface area contributed by atoms with Crippen LogP contribution in [0.5, 0.6) is 5.75 Å². The lowest BCUT2D eigenvalue weighted by molar-refractivity contribution is -0.131. The van der Waals surface area contributed by atoms with Crippen molar-refractivity contribution >= 4 is 5.91 Å². The molecule has 3 fully saturated rings. The van der Waals surface area contributed by atoms with Gasteiger partial charge in [0, 0.05) is 25.7 Å². The third kappa shape index (κ3) is 4.17. The van der Waals surface area contributed by atoms with Crippen molar-refractivity contribution in [3.63, 3.8) is 0 Å². The molecule has 154 valence electrons. The Morgan fingerprint density at radius 3 is 2.79 bits per heavy atom. The van der Waals surface area contributed by atoms with E-state index in [0.29, 0.717) is 18.4 Å². The first kappa shape index (κ1) is 19.6. The van der Waals surface area contributed by atoms with E-state index in [1.54, 1.807) is 7.11 Å². The second kappa shape index (κ2) is 8.78. The van der Waals surface area contributed by atoms with Crippen molar-refractivity contribution in [2.75, 3.05) is 40.0 Å². The molecule has 4 rings (SSSR count). The third-order valence-corrected chi connectivity index (χ3v) is 6.39. The molecule has 0 spiro atoms. The topological polar surface area (TPSA) is 66.1 Å². The summed E-state index contributed by atoms with van der Waals surface area (Å²) in [6.45, 7) is 6.51. The molecular formula is C21H32N4O3. The Kier molecular flexibility index (Phi) is 6.16. The molecule has 4 atom stereocenters. The quantitative estimate of drug-likeness (QED) is 0.785. The van der Waals surface area contributed by atoms with Crippen LogP contribution in [-0.4, -0.2) is 74.2 Å². The number of rotatable bonds is 5. The molecule has 3 aliphatic rings. The monoisotopic (exact) mass is 388 g/mol. The van der Waals surface area contributed by atoms with Crippen molar-refractivity contribution in [1.82, 2.24) is 20.4 Å². The molecular weight excluding hydrogens is 356 g/mol. The molecule has 0 saturated carbocycles. The highest BCUT2D eigenvalue weighted by Crippen LogP contribution is 2.31. The van der Waals surface area contributed by atoms with E-state index in [9.17, 15) is 4.79 Å². The maximum atomic E-state index is 12.5. The van der Waals surface area contributed by atoms with Crippen LogP contribution in [-0.2, 0) is 16.0 Å². The molecule has 2 N–H and O–H groups in total. The number of carbonyl (C=O) groups excluding carboxylic acids is 1. The van der Waals surface area contributed by atoms with Gasteiger partial charge in [0.1, 0.15) is 12.0 Å². The Morgan fingerprint density at radius 2 is 2.00 bits per heavy atom. The Labute approximate surface area is 167 Å². The van der Waals surface area contributed by atoms with Gasteiger partial charge in [0.2, 0.25) is 5.91 Å². The van der Waals surface area contributed by atoms with Crippen molar-refractivity contribution in [2.45, 2.75) is 44.7 Å². The number of nitrogens with zero attached hydrogens (tertiary/aromatic N) is 2. The lowest BCUT2D eigenvalue weighted by Crippen LogP contribution is -2.69. The maximum Gasteiger partial charge on any atom is 0.225 e. The third-order valence-electron chi connectivity index (χ3n) is 6.39. The van der Waals surface area contributed by atoms with Crippen LogP contribution in [0.4, 0.5) is 0 Å². The van der Waals surface area contributed by atoms with Gasteiger partial charge in [0.15, 0.2) is 0 Å². The van der Waals surface area contributed by atoms with E-state index < -0.39 is 0 Å². The van der Waals surface area contributed by atoms with Gasteiger partial charge in [-0.3, -0.25) is 19.9 Å². The fourth-order valence-corrected chi connectivity index (χ4v) is 4.75. The predicted molar refractivity (Wildman–Crippen MR) is 107 cm³/mol. The zero-order valence-electron chi connectivity index (χ0n) is 16.9. The van der Waals surface area contributed by atoms with Crippen LogP contribution in [0.1, 0.15) is 25.3 Å². The zero-order chi connectivity index (χ0) is 19.5. The Hall–Kier alpha value is -1.67. The molecule has 0 bridgehead atoms. The number of para-hydroxylation sites is 1. The molecule has 0 aliphatic carbocycles. The van der Waals surface area contributed by atoms with Gasteiger partial charge >= 0.3 is 0 Å². The fourth-order valence-electron chi connectivity index (χ4n) is 4.75. The summed E-state index contributed by atoms with van der Waals surface area (Å²) in [4.78, 5) is 17.2. The summed E-state index contributed by atoms with van der Waals surface area (Å²) in [5.74, 6) is 1.62. The SMILES string of the molecule is COc1ccccc1C[C@H]1[C@H](C)CCN1C1NC(=O)CC(N2CCOCC2)N1. The van der Waals surface area contributed by atoms with E-state index in [4.69, 9.17) is 9.47 Å². The molecule has 7 nitrogen and oxygen atoms in total. The van der Waals surface area contributed by atoms with Crippen molar-refractivity contribution in [1.29, 1.82) is 0 Å². The van der Waals surface area contributed by atoms with Crippen molar-refractivity contribution in [3.8, 4) is 5.75 Å². The molecule has 0 radical (unpaired) electrons. The van der Waals surface area contributed by atoms with Crippen LogP contribution in [0.2, 0.25) is 0 Å². The first-order chi connectivity index (χ1) is 13.7. The van der Waals surface area contributed by atoms with Crippen LogP contribution in [0, 0.1) is 5.92 Å². The fraction of sp³-hybridized carbons (Fsp3) is 0.667. The van der Waals surface area contributed by atoms with Crippen molar-refractivity contribution in [3.05, 3.63) is 29.8 Å². The highest BCUT2D eigenvalue weighted by Gasteiger charge is 2.40. The van der Waals surface area contributed by atoms with Crippen LogP contribution >= 0.6 is 0 Å². The van der Waals surface area contributed by atoms with Gasteiger partial charge in [-0.05, 0) is 30.4 Å². The summed E-state index contributed by atoms with van der Waals surface area (Å²) in [6.07, 6.45) is 2.50. The highest BCUT2D eigenvalue weighted by molar-refractivity contribution is 5.77. The summed E-state index contributed by atoms with van der Waals surface area (Å²) in [5.41, 5.74) is 1.22. The first-order valence-electron chi connectivity index (χ1n) is 10.4. The van der Waals surface area contributed by atoms with Crippen LogP contribution < -0.4 is 15.4 Å². The number of amides is 1. The van der Waals surface area contributed by atoms with E-state index in [-0.39, 0.29) is 18.4 Å². The normalized spacial score (nSPS) is 32.3. The van der Waals surface area contributed by atoms with E-state index in [1.165, 1.54) is 5.56 Å². The number of hydrogen-bond acceptors (Lipinski definition) is 6. The molecule has 0 aromatic heterocycles. The van der Waals surface area contributed by atoms with E-state index >= 15 is 0 Å². The van der Waals surface area contributed by atoms with Gasteiger partial charge in [-0.2, -0.15) is 0 Å². The lowest BCUT2D eigenvalue weighted by atomic mass is 9.95. The number of hydrogen-bond donors (Lipinski definition) is 2. The standard InChI is InChI=1S/C21H32N4O3/c1-15-7-8-25(17(15)13-16-5-3-4-6-18(16)27-2)21-22-19(14-20(26)23-21)24-9-11-28-12-10-24/h3-6,15,17,19,21-22H,7-14H2,1-2H3,(H,23,26)/t15-,17+,19?,21?/m1/s1. The summed E-state index contributed by atoms with van der Waals surface area (Å²) >= 11 is 0. The highest BCUT2D eigenvalue weighted by atomic mass is 16.5. The van der Waals surface area contributed by atoms with Gasteiger partial charge in [0.25, 0.3) is 0 Å². The second-order valence-corrected chi connectivity index (χ2v) is 8.09. The minimum absolute atomic E-state index is 0.0745. The zero-order valence-corrected chi connectivity index (χ0v) is 16.9. The number of carbonyl (C=O) groups is 1. The molecule has 28 heavy (non-hydrogen) atoms. The summed E-state index contributed by atoms with van der Waals surface area (Å²) in [5, 5.41) is 6.87. The average Bonchev–Trinajstić information content (AvgIpc) is 3.09. The van der Waals surface area contributed by atoms with Crippen LogP contribution in [0.25, 0.3) is 0 Å². The number of ether oxygens (including phenoxy) is 2. The number of nitrogens with one attached hydrogen (secondary N) is 2. The minimum atomic E-state index is -0.126. The molecule has 2 unspecified atom stereocenters. The average molecular weight is 389 g/mol. The molecule has 3 aliphatic heterocycles. The van der Waals surface area contributed by atoms with E-state index in [2.05, 4.69) is 39.5 Å². The van der Waals surface area contributed by atoms with E-state index in [1.807, 2.05) is 12.1 Å².